The van der Waals surface area contributed by atoms with Crippen LogP contribution >= 0.6 is 0 Å². The van der Waals surface area contributed by atoms with E-state index in [-0.39, 0.29) is 29.0 Å². The summed E-state index contributed by atoms with van der Waals surface area (Å²) < 4.78 is 40.3. The molecule has 2 amide bonds. The first kappa shape index (κ1) is 23.2. The largest absolute Gasteiger partial charge is 0.416 e. The van der Waals surface area contributed by atoms with Crippen molar-refractivity contribution in [3.05, 3.63) is 63.7 Å². The zero-order chi connectivity index (χ0) is 24.9. The van der Waals surface area contributed by atoms with Crippen molar-refractivity contribution in [3.63, 3.8) is 0 Å². The van der Waals surface area contributed by atoms with Crippen LogP contribution in [0.4, 0.5) is 30.2 Å². The number of halogens is 3. The van der Waals surface area contributed by atoms with Crippen LogP contribution in [0, 0.1) is 10.1 Å². The van der Waals surface area contributed by atoms with Gasteiger partial charge in [0.05, 0.1) is 33.9 Å². The van der Waals surface area contributed by atoms with Crippen LogP contribution in [0.25, 0.3) is 0 Å². The molecular formula is C21H18F3N5O5. The molecule has 2 aromatic carbocycles. The molecule has 13 heteroatoms. The van der Waals surface area contributed by atoms with Crippen LogP contribution < -0.4 is 20.9 Å². The Morgan fingerprint density at radius 1 is 1.15 bits per heavy atom. The van der Waals surface area contributed by atoms with Crippen molar-refractivity contribution in [3.8, 4) is 0 Å². The maximum absolute atomic E-state index is 13.5. The summed E-state index contributed by atoms with van der Waals surface area (Å²) in [5.74, 6) is -1.94. The lowest BCUT2D eigenvalue weighted by molar-refractivity contribution is -0.384. The van der Waals surface area contributed by atoms with Gasteiger partial charge in [0.25, 0.3) is 11.6 Å². The first-order valence-electron chi connectivity index (χ1n) is 10.1. The Balaban J connectivity index is 1.82. The summed E-state index contributed by atoms with van der Waals surface area (Å²) in [6, 6.07) is 5.46. The first-order valence-corrected chi connectivity index (χ1v) is 10.1. The second-order valence-electron chi connectivity index (χ2n) is 7.93. The summed E-state index contributed by atoms with van der Waals surface area (Å²) >= 11 is 0. The number of fused-ring (bicyclic) bond motifs is 3. The number of rotatable bonds is 4. The van der Waals surface area contributed by atoms with E-state index < -0.39 is 52.6 Å². The van der Waals surface area contributed by atoms with Crippen LogP contribution in [0.3, 0.4) is 0 Å². The molecule has 178 valence electrons. The predicted octanol–water partition coefficient (Wildman–Crippen LogP) is 2.17. The highest BCUT2D eigenvalue weighted by Gasteiger charge is 2.50. The monoisotopic (exact) mass is 477 g/mol. The predicted molar refractivity (Wildman–Crippen MR) is 113 cm³/mol. The van der Waals surface area contributed by atoms with Gasteiger partial charge < -0.3 is 10.6 Å². The number of amides is 2. The molecule has 0 aliphatic carbocycles. The number of carbonyl (C=O) groups is 3. The van der Waals surface area contributed by atoms with Crippen molar-refractivity contribution in [2.75, 3.05) is 9.80 Å². The van der Waals surface area contributed by atoms with Crippen LogP contribution in [0.2, 0.25) is 0 Å². The lowest BCUT2D eigenvalue weighted by Gasteiger charge is -2.43. The number of hydrogen-bond donors (Lipinski definition) is 2. The number of Topliss-reactive ketones (excluding diaryl/α,β-unsaturated/α-hetero) is 1. The molecule has 2 aromatic rings. The Hall–Kier alpha value is -4.00. The Kier molecular flexibility index (Phi) is 5.52. The third-order valence-electron chi connectivity index (χ3n) is 5.82. The van der Waals surface area contributed by atoms with Gasteiger partial charge in [0.2, 0.25) is 5.91 Å². The van der Waals surface area contributed by atoms with E-state index in [2.05, 4.69) is 5.32 Å². The summed E-state index contributed by atoms with van der Waals surface area (Å²) in [6.45, 7) is 1.52. The Labute approximate surface area is 190 Å². The second kappa shape index (κ2) is 8.09. The molecule has 0 bridgehead atoms. The highest BCUT2D eigenvalue weighted by molar-refractivity contribution is 6.11. The molecule has 0 aromatic heterocycles. The third kappa shape index (κ3) is 3.83. The average Bonchev–Trinajstić information content (AvgIpc) is 3.09. The standard InChI is InChI=1S/C21H18F3N5O5/c1-10-18(31)14(9-17(25)30)26-20-27(10)15-7-4-12(21(22,23)24)8-16(15)28(20)19(32)11-2-5-13(6-3-11)29(33)34/h2-8,10,14,20,26H,9H2,1H3,(H2,25,30)/t10-,14?,20-/m0/s1. The van der Waals surface area contributed by atoms with E-state index in [0.717, 1.165) is 29.2 Å². The fraction of sp³-hybridized carbons (Fsp3) is 0.286. The number of ketones is 1. The van der Waals surface area contributed by atoms with E-state index in [1.165, 1.54) is 30.0 Å². The number of carbonyl (C=O) groups excluding carboxylic acids is 3. The first-order chi connectivity index (χ1) is 15.9. The van der Waals surface area contributed by atoms with Crippen LogP contribution in [0.15, 0.2) is 42.5 Å². The number of anilines is 2. The molecule has 1 fully saturated rings. The van der Waals surface area contributed by atoms with Gasteiger partial charge in [-0.05, 0) is 37.3 Å². The van der Waals surface area contributed by atoms with Gasteiger partial charge in [-0.3, -0.25) is 34.7 Å². The Morgan fingerprint density at radius 3 is 2.35 bits per heavy atom. The molecule has 3 atom stereocenters. The zero-order valence-corrected chi connectivity index (χ0v) is 17.6. The Morgan fingerprint density at radius 2 is 1.79 bits per heavy atom. The smallest absolute Gasteiger partial charge is 0.370 e. The van der Waals surface area contributed by atoms with Crippen molar-refractivity contribution in [2.45, 2.75) is 37.9 Å². The number of hydrogen-bond acceptors (Lipinski definition) is 7. The van der Waals surface area contributed by atoms with Crippen molar-refractivity contribution in [2.24, 2.45) is 5.73 Å². The number of nitrogens with two attached hydrogens (primary N) is 1. The van der Waals surface area contributed by atoms with Gasteiger partial charge in [-0.15, -0.1) is 0 Å². The average molecular weight is 477 g/mol. The Bertz CT molecular complexity index is 1200. The van der Waals surface area contributed by atoms with Gasteiger partial charge in [-0.25, -0.2) is 0 Å². The molecule has 0 saturated carbocycles. The fourth-order valence-corrected chi connectivity index (χ4v) is 4.21. The molecule has 1 saturated heterocycles. The second-order valence-corrected chi connectivity index (χ2v) is 7.93. The molecule has 1 unspecified atom stereocenters. The molecule has 2 heterocycles. The summed E-state index contributed by atoms with van der Waals surface area (Å²) in [5.41, 5.74) is 4.06. The number of non-ortho nitro benzene ring substituents is 1. The van der Waals surface area contributed by atoms with Gasteiger partial charge in [-0.1, -0.05) is 0 Å². The van der Waals surface area contributed by atoms with Crippen LogP contribution in [0.5, 0.6) is 0 Å². The zero-order valence-electron chi connectivity index (χ0n) is 17.6. The van der Waals surface area contributed by atoms with Gasteiger partial charge in [0.15, 0.2) is 12.1 Å². The third-order valence-corrected chi connectivity index (χ3v) is 5.82. The SMILES string of the molecule is C[C@H]1C(=O)C(CC(N)=O)N[C@@H]2N(C(=O)c3ccc([N+](=O)[O-])cc3)c3cc(C(F)(F)F)ccc3N21. The minimum absolute atomic E-state index is 0.0198. The minimum Gasteiger partial charge on any atom is -0.370 e. The molecule has 2 aliphatic heterocycles. The van der Waals surface area contributed by atoms with E-state index in [1.807, 2.05) is 0 Å². The number of nitrogens with zero attached hydrogens (tertiary/aromatic N) is 3. The van der Waals surface area contributed by atoms with Crippen LogP contribution in [-0.4, -0.2) is 40.9 Å². The molecule has 4 rings (SSSR count). The number of benzene rings is 2. The van der Waals surface area contributed by atoms with Gasteiger partial charge >= 0.3 is 6.18 Å². The molecular weight excluding hydrogens is 459 g/mol. The highest BCUT2D eigenvalue weighted by atomic mass is 19.4. The number of primary amides is 1. The van der Waals surface area contributed by atoms with E-state index in [1.54, 1.807) is 0 Å². The van der Waals surface area contributed by atoms with Crippen molar-refractivity contribution < 1.29 is 32.5 Å². The van der Waals surface area contributed by atoms with Gasteiger partial charge in [0, 0.05) is 24.1 Å². The normalized spacial score (nSPS) is 21.8. The van der Waals surface area contributed by atoms with Gasteiger partial charge in [-0.2, -0.15) is 13.2 Å². The maximum Gasteiger partial charge on any atom is 0.416 e. The number of nitro benzene ring substituents is 1. The van der Waals surface area contributed by atoms with Crippen molar-refractivity contribution in [1.29, 1.82) is 0 Å². The number of nitrogens with one attached hydrogen (secondary N) is 1. The van der Waals surface area contributed by atoms with Crippen molar-refractivity contribution in [1.82, 2.24) is 5.32 Å². The van der Waals surface area contributed by atoms with Gasteiger partial charge in [0.1, 0.15) is 0 Å². The maximum atomic E-state index is 13.5. The lowest BCUT2D eigenvalue weighted by Crippen LogP contribution is -2.69. The molecule has 2 aliphatic rings. The van der Waals surface area contributed by atoms with E-state index in [9.17, 15) is 37.7 Å². The molecule has 34 heavy (non-hydrogen) atoms. The number of nitro groups is 1. The molecule has 0 spiro atoms. The topological polar surface area (TPSA) is 139 Å². The lowest BCUT2D eigenvalue weighted by atomic mass is 9.98. The quantitative estimate of drug-likeness (QED) is 0.508. The molecule has 3 N–H and O–H groups in total. The summed E-state index contributed by atoms with van der Waals surface area (Å²) in [5, 5.41) is 13.8. The van der Waals surface area contributed by atoms with Crippen LogP contribution in [-0.2, 0) is 15.8 Å². The van der Waals surface area contributed by atoms with E-state index in [0.29, 0.717) is 0 Å². The summed E-state index contributed by atoms with van der Waals surface area (Å²) in [4.78, 5) is 50.5. The van der Waals surface area contributed by atoms with Crippen LogP contribution in [0.1, 0.15) is 29.3 Å². The summed E-state index contributed by atoms with van der Waals surface area (Å²) in [6.07, 6.45) is -6.15. The number of alkyl halides is 3. The summed E-state index contributed by atoms with van der Waals surface area (Å²) in [7, 11) is 0. The van der Waals surface area contributed by atoms with Crippen molar-refractivity contribution >= 4 is 34.7 Å². The molecule has 10 nitrogen and oxygen atoms in total. The molecule has 0 radical (unpaired) electrons. The van der Waals surface area contributed by atoms with E-state index >= 15 is 0 Å². The minimum atomic E-state index is -4.69. The van der Waals surface area contributed by atoms with E-state index in [4.69, 9.17) is 5.73 Å². The highest BCUT2D eigenvalue weighted by Crippen LogP contribution is 2.45. The fourth-order valence-electron chi connectivity index (χ4n) is 4.21.